The molecule has 0 fully saturated rings. The van der Waals surface area contributed by atoms with Crippen molar-refractivity contribution in [1.29, 1.82) is 0 Å². The van der Waals surface area contributed by atoms with Gasteiger partial charge in [0.2, 0.25) is 0 Å². The summed E-state index contributed by atoms with van der Waals surface area (Å²) in [6, 6.07) is 10.1. The van der Waals surface area contributed by atoms with Crippen LogP contribution in [0.3, 0.4) is 0 Å². The number of phenolic OH excluding ortho intramolecular Hbond substituents is 3. The predicted molar refractivity (Wildman–Crippen MR) is 71.4 cm³/mol. The van der Waals surface area contributed by atoms with Gasteiger partial charge in [0, 0.05) is 12.1 Å². The van der Waals surface area contributed by atoms with Crippen molar-refractivity contribution in [3.05, 3.63) is 53.1 Å². The van der Waals surface area contributed by atoms with E-state index in [2.05, 4.69) is 5.32 Å². The molecule has 0 radical (unpaired) electrons. The lowest BCUT2D eigenvalue weighted by Crippen LogP contribution is -2.30. The van der Waals surface area contributed by atoms with Gasteiger partial charge in [0.05, 0.1) is 6.04 Å². The Morgan fingerprint density at radius 2 is 1.63 bits per heavy atom. The second-order valence-corrected chi connectivity index (χ2v) is 4.74. The first-order valence-electron chi connectivity index (χ1n) is 6.23. The molecule has 4 nitrogen and oxygen atoms in total. The van der Waals surface area contributed by atoms with E-state index in [9.17, 15) is 15.3 Å². The average molecular weight is 257 g/mol. The first kappa shape index (κ1) is 11.9. The van der Waals surface area contributed by atoms with Gasteiger partial charge in [0.15, 0.2) is 11.5 Å². The largest absolute Gasteiger partial charge is 0.508 e. The zero-order valence-electron chi connectivity index (χ0n) is 10.3. The summed E-state index contributed by atoms with van der Waals surface area (Å²) in [4.78, 5) is 0. The Morgan fingerprint density at radius 1 is 0.895 bits per heavy atom. The zero-order chi connectivity index (χ0) is 13.4. The van der Waals surface area contributed by atoms with Crippen LogP contribution >= 0.6 is 0 Å². The van der Waals surface area contributed by atoms with E-state index < -0.39 is 0 Å². The number of fused-ring (bicyclic) bond motifs is 1. The van der Waals surface area contributed by atoms with Gasteiger partial charge in [0.25, 0.3) is 0 Å². The van der Waals surface area contributed by atoms with Crippen molar-refractivity contribution < 1.29 is 15.3 Å². The monoisotopic (exact) mass is 257 g/mol. The van der Waals surface area contributed by atoms with Crippen molar-refractivity contribution in [2.24, 2.45) is 0 Å². The molecule has 4 N–H and O–H groups in total. The summed E-state index contributed by atoms with van der Waals surface area (Å²) in [7, 11) is 0. The molecule has 0 saturated carbocycles. The molecule has 0 spiro atoms. The van der Waals surface area contributed by atoms with Crippen LogP contribution in [0.4, 0.5) is 0 Å². The summed E-state index contributed by atoms with van der Waals surface area (Å²) in [5.41, 5.74) is 2.65. The molecule has 0 amide bonds. The number of rotatable bonds is 1. The Labute approximate surface area is 111 Å². The first-order valence-corrected chi connectivity index (χ1v) is 6.23. The molecular formula is C15H15NO3. The van der Waals surface area contributed by atoms with E-state index in [1.165, 1.54) is 0 Å². The first-order chi connectivity index (χ1) is 9.16. The third-order valence-corrected chi connectivity index (χ3v) is 3.54. The van der Waals surface area contributed by atoms with Gasteiger partial charge < -0.3 is 20.6 Å². The van der Waals surface area contributed by atoms with E-state index >= 15 is 0 Å². The minimum atomic E-state index is -0.170. The number of nitrogens with one attached hydrogen (secondary N) is 1. The maximum atomic E-state index is 9.96. The molecule has 1 aliphatic rings. The maximum absolute atomic E-state index is 9.96. The lowest BCUT2D eigenvalue weighted by atomic mass is 9.89. The van der Waals surface area contributed by atoms with Crippen LogP contribution in [-0.2, 0) is 6.42 Å². The Hall–Kier alpha value is -2.20. The third-order valence-electron chi connectivity index (χ3n) is 3.54. The zero-order valence-corrected chi connectivity index (χ0v) is 10.3. The highest BCUT2D eigenvalue weighted by Crippen LogP contribution is 2.38. The molecule has 0 aromatic heterocycles. The lowest BCUT2D eigenvalue weighted by Gasteiger charge is -2.28. The SMILES string of the molecule is Oc1cc2c(cc1O)[C@H](c1ccccc1O)NCC2. The molecule has 98 valence electrons. The quantitative estimate of drug-likeness (QED) is 0.590. The molecule has 19 heavy (non-hydrogen) atoms. The molecule has 0 bridgehead atoms. The van der Waals surface area contributed by atoms with Crippen LogP contribution in [0.2, 0.25) is 0 Å². The second kappa shape index (κ2) is 4.48. The maximum Gasteiger partial charge on any atom is 0.157 e. The number of aromatic hydroxyl groups is 3. The smallest absolute Gasteiger partial charge is 0.157 e. The van der Waals surface area contributed by atoms with Crippen molar-refractivity contribution in [2.75, 3.05) is 6.54 Å². The topological polar surface area (TPSA) is 72.7 Å². The number of phenols is 3. The Balaban J connectivity index is 2.13. The highest BCUT2D eigenvalue weighted by molar-refractivity contribution is 5.51. The molecule has 0 aliphatic carbocycles. The fourth-order valence-electron chi connectivity index (χ4n) is 2.59. The van der Waals surface area contributed by atoms with Crippen molar-refractivity contribution in [3.8, 4) is 17.2 Å². The van der Waals surface area contributed by atoms with Gasteiger partial charge in [-0.05, 0) is 35.7 Å². The van der Waals surface area contributed by atoms with Crippen molar-refractivity contribution in [2.45, 2.75) is 12.5 Å². The summed E-state index contributed by atoms with van der Waals surface area (Å²) in [5.74, 6) is -0.0139. The van der Waals surface area contributed by atoms with Gasteiger partial charge in [-0.3, -0.25) is 0 Å². The number of hydrogen-bond donors (Lipinski definition) is 4. The lowest BCUT2D eigenvalue weighted by molar-refractivity contribution is 0.399. The summed E-state index contributed by atoms with van der Waals surface area (Å²) in [5, 5.41) is 32.5. The average Bonchev–Trinajstić information content (AvgIpc) is 2.40. The molecule has 2 aromatic carbocycles. The molecule has 0 unspecified atom stereocenters. The third kappa shape index (κ3) is 2.00. The summed E-state index contributed by atoms with van der Waals surface area (Å²) < 4.78 is 0. The van der Waals surface area contributed by atoms with Crippen LogP contribution in [-0.4, -0.2) is 21.9 Å². The van der Waals surface area contributed by atoms with Crippen molar-refractivity contribution >= 4 is 0 Å². The molecular weight excluding hydrogens is 242 g/mol. The Kier molecular flexibility index (Phi) is 2.80. The van der Waals surface area contributed by atoms with E-state index in [4.69, 9.17) is 0 Å². The van der Waals surface area contributed by atoms with Gasteiger partial charge >= 0.3 is 0 Å². The van der Waals surface area contributed by atoms with Crippen molar-refractivity contribution in [1.82, 2.24) is 5.32 Å². The second-order valence-electron chi connectivity index (χ2n) is 4.74. The fraction of sp³-hybridized carbons (Fsp3) is 0.200. The highest BCUT2D eigenvalue weighted by atomic mass is 16.3. The van der Waals surface area contributed by atoms with Gasteiger partial charge in [-0.1, -0.05) is 18.2 Å². The predicted octanol–water partition coefficient (Wildman–Crippen LogP) is 2.04. The molecule has 4 heteroatoms. The normalized spacial score (nSPS) is 18.0. The van der Waals surface area contributed by atoms with E-state index in [1.54, 1.807) is 24.3 Å². The van der Waals surface area contributed by atoms with Crippen LogP contribution < -0.4 is 5.32 Å². The van der Waals surface area contributed by atoms with Gasteiger partial charge in [0.1, 0.15) is 5.75 Å². The standard InChI is InChI=1S/C15H15NO3/c17-12-4-2-1-3-10(12)15-11-8-14(19)13(18)7-9(11)5-6-16-15/h1-4,7-8,15-19H,5-6H2/t15-/m0/s1. The van der Waals surface area contributed by atoms with Gasteiger partial charge in [-0.25, -0.2) is 0 Å². The number of benzene rings is 2. The van der Waals surface area contributed by atoms with Crippen LogP contribution in [0.25, 0.3) is 0 Å². The van der Waals surface area contributed by atoms with Crippen molar-refractivity contribution in [3.63, 3.8) is 0 Å². The molecule has 2 aromatic rings. The van der Waals surface area contributed by atoms with Crippen LogP contribution in [0.1, 0.15) is 22.7 Å². The molecule has 1 heterocycles. The highest BCUT2D eigenvalue weighted by Gasteiger charge is 2.24. The van der Waals surface area contributed by atoms with Gasteiger partial charge in [-0.15, -0.1) is 0 Å². The van der Waals surface area contributed by atoms with Crippen LogP contribution in [0.5, 0.6) is 17.2 Å². The van der Waals surface area contributed by atoms with Gasteiger partial charge in [-0.2, -0.15) is 0 Å². The minimum absolute atomic E-state index is 0.100. The van der Waals surface area contributed by atoms with E-state index in [-0.39, 0.29) is 23.3 Å². The Bertz CT molecular complexity index is 625. The summed E-state index contributed by atoms with van der Waals surface area (Å²) >= 11 is 0. The van der Waals surface area contributed by atoms with Crippen LogP contribution in [0, 0.1) is 0 Å². The van der Waals surface area contributed by atoms with E-state index in [0.29, 0.717) is 0 Å². The number of para-hydroxylation sites is 1. The minimum Gasteiger partial charge on any atom is -0.508 e. The molecule has 3 rings (SSSR count). The van der Waals surface area contributed by atoms with Crippen LogP contribution in [0.15, 0.2) is 36.4 Å². The molecule has 1 atom stereocenters. The van der Waals surface area contributed by atoms with E-state index in [0.717, 1.165) is 29.7 Å². The molecule has 1 aliphatic heterocycles. The summed E-state index contributed by atoms with van der Waals surface area (Å²) in [6.45, 7) is 0.760. The Morgan fingerprint density at radius 3 is 2.42 bits per heavy atom. The number of hydrogen-bond acceptors (Lipinski definition) is 4. The fourth-order valence-corrected chi connectivity index (χ4v) is 2.59. The summed E-state index contributed by atoms with van der Waals surface area (Å²) in [6.07, 6.45) is 0.785. The van der Waals surface area contributed by atoms with E-state index in [1.807, 2.05) is 12.1 Å². The molecule has 0 saturated heterocycles.